The first-order valence-corrected chi connectivity index (χ1v) is 8.84. The van der Waals surface area contributed by atoms with E-state index in [1.54, 1.807) is 0 Å². The molecule has 1 spiro atoms. The first-order chi connectivity index (χ1) is 12.3. The third-order valence-corrected chi connectivity index (χ3v) is 5.54. The van der Waals surface area contributed by atoms with Crippen molar-refractivity contribution in [2.45, 2.75) is 31.8 Å². The van der Waals surface area contributed by atoms with Gasteiger partial charge in [-0.3, -0.25) is 0 Å². The largest absolute Gasteiger partial charge is 0.484 e. The van der Waals surface area contributed by atoms with Crippen LogP contribution in [0.15, 0.2) is 46.9 Å². The number of aromatic nitrogens is 2. The van der Waals surface area contributed by atoms with Crippen molar-refractivity contribution in [3.63, 3.8) is 0 Å². The Kier molecular flexibility index (Phi) is 3.48. The highest BCUT2D eigenvalue weighted by Crippen LogP contribution is 2.64. The molecule has 5 rings (SSSR count). The topological polar surface area (TPSA) is 57.4 Å². The summed E-state index contributed by atoms with van der Waals surface area (Å²) in [5.74, 6) is 2.51. The second-order valence-electron chi connectivity index (χ2n) is 7.06. The van der Waals surface area contributed by atoms with E-state index < -0.39 is 0 Å². The van der Waals surface area contributed by atoms with Gasteiger partial charge in [-0.05, 0) is 47.6 Å². The van der Waals surface area contributed by atoms with Gasteiger partial charge in [0, 0.05) is 19.1 Å². The van der Waals surface area contributed by atoms with E-state index in [-0.39, 0.29) is 0 Å². The van der Waals surface area contributed by atoms with Crippen LogP contribution in [0.4, 0.5) is 0 Å². The molecule has 0 bridgehead atoms. The van der Waals surface area contributed by atoms with E-state index in [0.29, 0.717) is 23.8 Å². The van der Waals surface area contributed by atoms with Gasteiger partial charge in [-0.15, -0.1) is 10.2 Å². The lowest BCUT2D eigenvalue weighted by atomic mass is 9.94. The number of nitrogens with zero attached hydrogens (tertiary/aromatic N) is 2. The first-order valence-electron chi connectivity index (χ1n) is 8.84. The summed E-state index contributed by atoms with van der Waals surface area (Å²) in [5, 5.41) is 10.8. The Bertz CT molecular complexity index is 899. The van der Waals surface area contributed by atoms with E-state index in [1.165, 1.54) is 5.39 Å². The summed E-state index contributed by atoms with van der Waals surface area (Å²) in [6.45, 7) is 2.00. The van der Waals surface area contributed by atoms with Gasteiger partial charge in [-0.1, -0.05) is 30.3 Å². The van der Waals surface area contributed by atoms with Gasteiger partial charge in [-0.25, -0.2) is 0 Å². The number of fused-ring (bicyclic) bond motifs is 1. The molecule has 128 valence electrons. The van der Waals surface area contributed by atoms with Gasteiger partial charge in [0.15, 0.2) is 6.61 Å². The molecule has 0 radical (unpaired) electrons. The summed E-state index contributed by atoms with van der Waals surface area (Å²) < 4.78 is 17.2. The molecular formula is C20H20N2O3. The summed E-state index contributed by atoms with van der Waals surface area (Å²) in [6.07, 6.45) is 3.34. The smallest absolute Gasteiger partial charge is 0.253 e. The molecule has 25 heavy (non-hydrogen) atoms. The maximum Gasteiger partial charge on any atom is 0.253 e. The quantitative estimate of drug-likeness (QED) is 0.718. The summed E-state index contributed by atoms with van der Waals surface area (Å²) >= 11 is 0. The van der Waals surface area contributed by atoms with E-state index in [9.17, 15) is 0 Å². The lowest BCUT2D eigenvalue weighted by Crippen LogP contribution is -2.18. The minimum Gasteiger partial charge on any atom is -0.484 e. The Morgan fingerprint density at radius 3 is 2.76 bits per heavy atom. The fourth-order valence-electron chi connectivity index (χ4n) is 3.90. The average molecular weight is 336 g/mol. The van der Waals surface area contributed by atoms with Gasteiger partial charge in [0.2, 0.25) is 5.89 Å². The van der Waals surface area contributed by atoms with Crippen molar-refractivity contribution in [1.29, 1.82) is 0 Å². The minimum atomic E-state index is 0.300. The molecule has 2 fully saturated rings. The highest BCUT2D eigenvalue weighted by atomic mass is 16.5. The van der Waals surface area contributed by atoms with Crippen molar-refractivity contribution in [2.75, 3.05) is 13.2 Å². The summed E-state index contributed by atoms with van der Waals surface area (Å²) in [7, 11) is 0. The van der Waals surface area contributed by atoms with Gasteiger partial charge in [0.25, 0.3) is 5.89 Å². The molecule has 2 heterocycles. The monoisotopic (exact) mass is 336 g/mol. The van der Waals surface area contributed by atoms with Crippen LogP contribution in [0.5, 0.6) is 5.75 Å². The van der Waals surface area contributed by atoms with Crippen LogP contribution >= 0.6 is 0 Å². The van der Waals surface area contributed by atoms with E-state index >= 15 is 0 Å². The highest BCUT2D eigenvalue weighted by Gasteiger charge is 2.57. The molecule has 3 aromatic rings. The molecule has 1 unspecified atom stereocenters. The Hall–Kier alpha value is -2.40. The molecule has 1 aromatic heterocycles. The third-order valence-electron chi connectivity index (χ3n) is 5.54. The van der Waals surface area contributed by atoms with E-state index in [0.717, 1.165) is 49.5 Å². The number of benzene rings is 2. The number of hydrogen-bond acceptors (Lipinski definition) is 5. The van der Waals surface area contributed by atoms with E-state index in [1.807, 2.05) is 24.3 Å². The molecule has 0 N–H and O–H groups in total. The van der Waals surface area contributed by atoms with E-state index in [4.69, 9.17) is 13.9 Å². The fourth-order valence-corrected chi connectivity index (χ4v) is 3.90. The average Bonchev–Trinajstić information content (AvgIpc) is 3.14. The van der Waals surface area contributed by atoms with Crippen LogP contribution < -0.4 is 4.74 Å². The molecule has 1 atom stereocenters. The van der Waals surface area contributed by atoms with Crippen molar-refractivity contribution in [2.24, 2.45) is 5.41 Å². The number of ether oxygens (including phenoxy) is 2. The lowest BCUT2D eigenvalue weighted by Gasteiger charge is -2.21. The van der Waals surface area contributed by atoms with Crippen LogP contribution in [0.3, 0.4) is 0 Å². The molecule has 5 heteroatoms. The maximum absolute atomic E-state index is 5.86. The fraction of sp³-hybridized carbons (Fsp3) is 0.400. The van der Waals surface area contributed by atoms with Crippen LogP contribution in [-0.4, -0.2) is 23.4 Å². The van der Waals surface area contributed by atoms with Crippen LogP contribution in [0.25, 0.3) is 10.8 Å². The highest BCUT2D eigenvalue weighted by molar-refractivity contribution is 5.83. The van der Waals surface area contributed by atoms with Gasteiger partial charge in [0.05, 0.1) is 0 Å². The Balaban J connectivity index is 1.25. The van der Waals surface area contributed by atoms with Crippen molar-refractivity contribution < 1.29 is 13.9 Å². The summed E-state index contributed by atoms with van der Waals surface area (Å²) in [4.78, 5) is 0. The molecule has 1 saturated carbocycles. The first kappa shape index (κ1) is 14.9. The Morgan fingerprint density at radius 1 is 1.04 bits per heavy atom. The SMILES string of the molecule is c1ccc2cc(OCc3nnc(C4CC45CCOCC5)o3)ccc2c1. The van der Waals surface area contributed by atoms with Crippen LogP contribution in [0.1, 0.15) is 37.0 Å². The van der Waals surface area contributed by atoms with Gasteiger partial charge in [-0.2, -0.15) is 0 Å². The van der Waals surface area contributed by atoms with Gasteiger partial charge >= 0.3 is 0 Å². The number of hydrogen-bond donors (Lipinski definition) is 0. The predicted molar refractivity (Wildman–Crippen MR) is 92.4 cm³/mol. The molecular weight excluding hydrogens is 316 g/mol. The maximum atomic E-state index is 5.86. The molecule has 5 nitrogen and oxygen atoms in total. The Morgan fingerprint density at radius 2 is 1.88 bits per heavy atom. The lowest BCUT2D eigenvalue weighted by molar-refractivity contribution is 0.0545. The van der Waals surface area contributed by atoms with Crippen molar-refractivity contribution in [3.05, 3.63) is 54.2 Å². The molecule has 1 aliphatic heterocycles. The summed E-state index contributed by atoms with van der Waals surface area (Å²) in [5.41, 5.74) is 0.348. The second-order valence-corrected chi connectivity index (χ2v) is 7.06. The van der Waals surface area contributed by atoms with Crippen LogP contribution in [0.2, 0.25) is 0 Å². The van der Waals surface area contributed by atoms with Crippen molar-refractivity contribution in [1.82, 2.24) is 10.2 Å². The van der Waals surface area contributed by atoms with Crippen LogP contribution in [-0.2, 0) is 11.3 Å². The van der Waals surface area contributed by atoms with Crippen LogP contribution in [0, 0.1) is 5.41 Å². The van der Waals surface area contributed by atoms with Crippen molar-refractivity contribution >= 4 is 10.8 Å². The Labute approximate surface area is 146 Å². The minimum absolute atomic E-state index is 0.300. The van der Waals surface area contributed by atoms with E-state index in [2.05, 4.69) is 28.4 Å². The normalized spacial score (nSPS) is 21.5. The standard InChI is InChI=1S/C20H20N2O3/c1-2-4-15-11-16(6-5-14(15)3-1)24-13-18-21-22-19(25-18)17-12-20(17)7-9-23-10-8-20/h1-6,11,17H,7-10,12-13H2. The summed E-state index contributed by atoms with van der Waals surface area (Å²) in [6, 6.07) is 14.3. The zero-order chi connectivity index (χ0) is 16.7. The predicted octanol–water partition coefficient (Wildman–Crippen LogP) is 4.09. The zero-order valence-corrected chi connectivity index (χ0v) is 14.0. The van der Waals surface area contributed by atoms with Crippen molar-refractivity contribution in [3.8, 4) is 5.75 Å². The number of rotatable bonds is 4. The molecule has 0 amide bonds. The third kappa shape index (κ3) is 2.78. The molecule has 2 aromatic carbocycles. The zero-order valence-electron chi connectivity index (χ0n) is 14.0. The molecule has 2 aliphatic rings. The van der Waals surface area contributed by atoms with Gasteiger partial charge in [0.1, 0.15) is 5.75 Å². The molecule has 1 saturated heterocycles. The van der Waals surface area contributed by atoms with Gasteiger partial charge < -0.3 is 13.9 Å². The second kappa shape index (κ2) is 5.85. The molecule has 1 aliphatic carbocycles.